The summed E-state index contributed by atoms with van der Waals surface area (Å²) in [5.41, 5.74) is 0.859. The molecule has 1 atom stereocenters. The van der Waals surface area contributed by atoms with E-state index in [1.54, 1.807) is 55.5 Å². The zero-order chi connectivity index (χ0) is 20.5. The second-order valence-electron chi connectivity index (χ2n) is 6.25. The fraction of sp³-hybridized carbons (Fsp3) is 0.136. The Morgan fingerprint density at radius 2 is 1.28 bits per heavy atom. The minimum absolute atomic E-state index is 0.120. The van der Waals surface area contributed by atoms with Crippen LogP contribution in [0, 0.1) is 0 Å². The van der Waals surface area contributed by atoms with Gasteiger partial charge in [0.2, 0.25) is 0 Å². The van der Waals surface area contributed by atoms with Gasteiger partial charge in [-0.25, -0.2) is 4.57 Å². The number of rotatable bonds is 9. The molecule has 0 aliphatic carbocycles. The summed E-state index contributed by atoms with van der Waals surface area (Å²) in [6, 6.07) is 25.6. The van der Waals surface area contributed by atoms with Crippen molar-refractivity contribution in [2.45, 2.75) is 19.6 Å². The molecule has 3 aromatic carbocycles. The van der Waals surface area contributed by atoms with Crippen molar-refractivity contribution in [3.05, 3.63) is 96.6 Å². The molecule has 0 aliphatic heterocycles. The van der Waals surface area contributed by atoms with E-state index in [1.165, 1.54) is 0 Å². The molecule has 0 saturated carbocycles. The van der Waals surface area contributed by atoms with Crippen molar-refractivity contribution in [2.24, 2.45) is 0 Å². The molecule has 0 saturated heterocycles. The molecule has 3 rings (SSSR count). The Morgan fingerprint density at radius 3 is 1.76 bits per heavy atom. The van der Waals surface area contributed by atoms with Crippen molar-refractivity contribution in [1.29, 1.82) is 0 Å². The highest BCUT2D eigenvalue weighted by atomic mass is 31.2. The van der Waals surface area contributed by atoms with Crippen molar-refractivity contribution < 1.29 is 23.1 Å². The second-order valence-corrected chi connectivity index (χ2v) is 7.87. The topological polar surface area (TPSA) is 73.9 Å². The zero-order valence-electron chi connectivity index (χ0n) is 15.9. The highest BCUT2D eigenvalue weighted by molar-refractivity contribution is 7.52. The summed E-state index contributed by atoms with van der Waals surface area (Å²) in [6.07, 6.45) is 0. The molecule has 0 spiro atoms. The van der Waals surface area contributed by atoms with Crippen LogP contribution in [0.15, 0.2) is 91.0 Å². The summed E-state index contributed by atoms with van der Waals surface area (Å²) >= 11 is 0. The first-order chi connectivity index (χ1) is 14.0. The monoisotopic (exact) mass is 411 g/mol. The summed E-state index contributed by atoms with van der Waals surface area (Å²) in [4.78, 5) is 12.4. The highest BCUT2D eigenvalue weighted by Crippen LogP contribution is 2.45. The van der Waals surface area contributed by atoms with Gasteiger partial charge >= 0.3 is 13.7 Å². The molecule has 0 fully saturated rings. The molecule has 0 bridgehead atoms. The Hall–Kier alpha value is -3.08. The molecule has 0 heterocycles. The molecular formula is C22H22NO5P. The van der Waals surface area contributed by atoms with Gasteiger partial charge in [-0.15, -0.1) is 0 Å². The summed E-state index contributed by atoms with van der Waals surface area (Å²) < 4.78 is 29.9. The fourth-order valence-corrected chi connectivity index (χ4v) is 3.98. The quantitative estimate of drug-likeness (QED) is 0.396. The van der Waals surface area contributed by atoms with Crippen LogP contribution in [-0.4, -0.2) is 12.0 Å². The van der Waals surface area contributed by atoms with Crippen molar-refractivity contribution in [3.8, 4) is 11.5 Å². The van der Waals surface area contributed by atoms with E-state index in [4.69, 9.17) is 13.8 Å². The third-order valence-corrected chi connectivity index (χ3v) is 5.47. The molecule has 0 amide bonds. The maximum absolute atomic E-state index is 13.4. The Labute approximate surface area is 170 Å². The van der Waals surface area contributed by atoms with Crippen LogP contribution < -0.4 is 14.1 Å². The van der Waals surface area contributed by atoms with Crippen LogP contribution in [0.2, 0.25) is 0 Å². The van der Waals surface area contributed by atoms with Gasteiger partial charge in [0.1, 0.15) is 24.1 Å². The number of hydrogen-bond donors (Lipinski definition) is 1. The van der Waals surface area contributed by atoms with Crippen LogP contribution in [-0.2, 0) is 20.7 Å². The number of nitrogens with one attached hydrogen (secondary N) is 1. The number of hydrogen-bond acceptors (Lipinski definition) is 5. The molecule has 7 heteroatoms. The van der Waals surface area contributed by atoms with Crippen molar-refractivity contribution in [2.75, 3.05) is 0 Å². The lowest BCUT2D eigenvalue weighted by atomic mass is 10.2. The molecule has 3 aromatic rings. The van der Waals surface area contributed by atoms with Crippen molar-refractivity contribution >= 4 is 13.7 Å². The van der Waals surface area contributed by atoms with E-state index >= 15 is 0 Å². The van der Waals surface area contributed by atoms with Crippen LogP contribution in [0.5, 0.6) is 11.5 Å². The molecule has 150 valence electrons. The van der Waals surface area contributed by atoms with E-state index in [0.29, 0.717) is 11.5 Å². The van der Waals surface area contributed by atoms with E-state index in [2.05, 4.69) is 5.09 Å². The summed E-state index contributed by atoms with van der Waals surface area (Å²) in [5, 5.41) is 2.66. The Balaban J connectivity index is 1.69. The molecular weight excluding hydrogens is 389 g/mol. The average molecular weight is 411 g/mol. The number of ether oxygens (including phenoxy) is 1. The molecule has 0 radical (unpaired) electrons. The van der Waals surface area contributed by atoms with Crippen LogP contribution in [0.4, 0.5) is 0 Å². The predicted octanol–water partition coefficient (Wildman–Crippen LogP) is 4.97. The van der Waals surface area contributed by atoms with E-state index in [9.17, 15) is 9.36 Å². The van der Waals surface area contributed by atoms with E-state index in [-0.39, 0.29) is 6.61 Å². The normalized spacial score (nSPS) is 12.0. The number of para-hydroxylation sites is 2. The van der Waals surface area contributed by atoms with Gasteiger partial charge in [0.15, 0.2) is 0 Å². The van der Waals surface area contributed by atoms with Crippen LogP contribution >= 0.6 is 7.75 Å². The molecule has 29 heavy (non-hydrogen) atoms. The lowest BCUT2D eigenvalue weighted by molar-refractivity contribution is -0.146. The van der Waals surface area contributed by atoms with Gasteiger partial charge in [-0.1, -0.05) is 66.7 Å². The third-order valence-electron chi connectivity index (χ3n) is 3.87. The van der Waals surface area contributed by atoms with Gasteiger partial charge in [-0.3, -0.25) is 4.79 Å². The average Bonchev–Trinajstić information content (AvgIpc) is 2.74. The standard InChI is InChI=1S/C22H22NO5P/c1-18(22(24)26-17-19-11-5-2-6-12-19)23-29(25,27-20-13-7-3-8-14-20)28-21-15-9-4-10-16-21/h2-16,18H,17H2,1H3,(H,23,25)/t18-/m0/s1. The van der Waals surface area contributed by atoms with E-state index in [0.717, 1.165) is 5.56 Å². The fourth-order valence-electron chi connectivity index (χ4n) is 2.46. The number of esters is 1. The Kier molecular flexibility index (Phi) is 7.06. The lowest BCUT2D eigenvalue weighted by Gasteiger charge is -2.23. The number of benzene rings is 3. The number of carbonyl (C=O) groups is 1. The van der Waals surface area contributed by atoms with Crippen LogP contribution in [0.25, 0.3) is 0 Å². The predicted molar refractivity (Wildman–Crippen MR) is 111 cm³/mol. The van der Waals surface area contributed by atoms with Gasteiger partial charge in [0.05, 0.1) is 0 Å². The highest BCUT2D eigenvalue weighted by Gasteiger charge is 2.33. The molecule has 0 unspecified atom stereocenters. The summed E-state index contributed by atoms with van der Waals surface area (Å²) in [5.74, 6) is 0.135. The second kappa shape index (κ2) is 9.92. The van der Waals surface area contributed by atoms with Gasteiger partial charge in [-0.2, -0.15) is 5.09 Å². The van der Waals surface area contributed by atoms with Crippen LogP contribution in [0.3, 0.4) is 0 Å². The zero-order valence-corrected chi connectivity index (χ0v) is 16.8. The Morgan fingerprint density at radius 1 is 0.828 bits per heavy atom. The SMILES string of the molecule is C[C@H](NP(=O)(Oc1ccccc1)Oc1ccccc1)C(=O)OCc1ccccc1. The maximum Gasteiger partial charge on any atom is 0.513 e. The largest absolute Gasteiger partial charge is 0.513 e. The van der Waals surface area contributed by atoms with E-state index in [1.807, 2.05) is 42.5 Å². The Bertz CT molecular complexity index is 905. The molecule has 0 aromatic heterocycles. The lowest BCUT2D eigenvalue weighted by Crippen LogP contribution is -2.35. The van der Waals surface area contributed by atoms with Crippen molar-refractivity contribution in [1.82, 2.24) is 5.09 Å². The van der Waals surface area contributed by atoms with Gasteiger partial charge in [-0.05, 0) is 36.8 Å². The maximum atomic E-state index is 13.4. The number of carbonyl (C=O) groups excluding carboxylic acids is 1. The first-order valence-electron chi connectivity index (χ1n) is 9.12. The van der Waals surface area contributed by atoms with Gasteiger partial charge in [0, 0.05) is 0 Å². The first kappa shape index (κ1) is 20.6. The molecule has 1 N–H and O–H groups in total. The van der Waals surface area contributed by atoms with Gasteiger partial charge < -0.3 is 13.8 Å². The summed E-state index contributed by atoms with van der Waals surface area (Å²) in [6.45, 7) is 1.66. The minimum atomic E-state index is -3.92. The molecule has 0 aliphatic rings. The van der Waals surface area contributed by atoms with Crippen LogP contribution in [0.1, 0.15) is 12.5 Å². The smallest absolute Gasteiger partial charge is 0.460 e. The van der Waals surface area contributed by atoms with Crippen molar-refractivity contribution in [3.63, 3.8) is 0 Å². The third kappa shape index (κ3) is 6.49. The first-order valence-corrected chi connectivity index (χ1v) is 10.7. The minimum Gasteiger partial charge on any atom is -0.460 e. The summed E-state index contributed by atoms with van der Waals surface area (Å²) in [7, 11) is -3.92. The van der Waals surface area contributed by atoms with E-state index < -0.39 is 19.8 Å². The van der Waals surface area contributed by atoms with Gasteiger partial charge in [0.25, 0.3) is 0 Å². The molecule has 6 nitrogen and oxygen atoms in total.